The number of nitrogens with zero attached hydrogens (tertiary/aromatic N) is 2. The zero-order valence-electron chi connectivity index (χ0n) is 23.2. The van der Waals surface area contributed by atoms with Gasteiger partial charge in [-0.1, -0.05) is 71.4 Å². The Morgan fingerprint density at radius 3 is 1.97 bits per heavy atom. The fourth-order valence-corrected chi connectivity index (χ4v) is 4.41. The number of phenolic OH excluding ortho intramolecular Hbond substituents is 1. The predicted octanol–water partition coefficient (Wildman–Crippen LogP) is 7.22. The molecule has 6 heteroatoms. The Bertz CT molecular complexity index is 1360. The summed E-state index contributed by atoms with van der Waals surface area (Å²) in [6.07, 6.45) is 0. The quantitative estimate of drug-likeness (QED) is 0.296. The van der Waals surface area contributed by atoms with Gasteiger partial charge in [-0.2, -0.15) is 5.10 Å². The average Bonchev–Trinajstić information content (AvgIpc) is 3.28. The van der Waals surface area contributed by atoms with Crippen LogP contribution in [-0.4, -0.2) is 20.8 Å². The Labute approximate surface area is 224 Å². The van der Waals surface area contributed by atoms with Gasteiger partial charge >= 0.3 is 0 Å². The first kappa shape index (κ1) is 27.1. The smallest absolute Gasteiger partial charge is 0.272 e. The van der Waals surface area contributed by atoms with E-state index in [2.05, 4.69) is 52.0 Å². The second kappa shape index (κ2) is 10.1. The molecule has 0 fully saturated rings. The summed E-state index contributed by atoms with van der Waals surface area (Å²) >= 11 is 0. The molecule has 0 saturated carbocycles. The van der Waals surface area contributed by atoms with E-state index >= 15 is 0 Å². The van der Waals surface area contributed by atoms with Crippen molar-refractivity contribution in [3.05, 3.63) is 100 Å². The van der Waals surface area contributed by atoms with Gasteiger partial charge in [0.2, 0.25) is 0 Å². The van der Waals surface area contributed by atoms with Gasteiger partial charge in [0.1, 0.15) is 11.6 Å². The molecular weight excluding hydrogens is 477 g/mol. The number of phenols is 1. The third kappa shape index (κ3) is 5.80. The van der Waals surface area contributed by atoms with Crippen LogP contribution in [0.3, 0.4) is 0 Å². The lowest BCUT2D eigenvalue weighted by Crippen LogP contribution is -2.25. The topological polar surface area (TPSA) is 67.2 Å². The maximum atomic E-state index is 13.6. The molecule has 4 aromatic rings. The standard InChI is InChI=1S/C32H36FN3O2/c1-20-8-10-22(11-9-20)28-18-27(35-36(28)24-14-12-23(33)13-15-24)30(38)34-19-21-16-25(31(2,3)4)29(37)26(17-21)32(5,6)7/h8-18,37H,19H2,1-7H3,(H,34,38). The molecule has 1 aromatic heterocycles. The Balaban J connectivity index is 1.67. The van der Waals surface area contributed by atoms with Crippen LogP contribution in [0.25, 0.3) is 16.9 Å². The van der Waals surface area contributed by atoms with Gasteiger partial charge < -0.3 is 10.4 Å². The van der Waals surface area contributed by atoms with Crippen molar-refractivity contribution in [2.24, 2.45) is 0 Å². The van der Waals surface area contributed by atoms with Crippen molar-refractivity contribution in [3.63, 3.8) is 0 Å². The van der Waals surface area contributed by atoms with Gasteiger partial charge in [0, 0.05) is 12.1 Å². The van der Waals surface area contributed by atoms with Crippen LogP contribution in [0, 0.1) is 12.7 Å². The molecule has 5 nitrogen and oxygen atoms in total. The minimum absolute atomic E-state index is 0.260. The molecule has 0 atom stereocenters. The van der Waals surface area contributed by atoms with E-state index in [-0.39, 0.29) is 34.8 Å². The van der Waals surface area contributed by atoms with Gasteiger partial charge in [0.25, 0.3) is 5.91 Å². The normalized spacial score (nSPS) is 12.0. The molecule has 0 aliphatic heterocycles. The van der Waals surface area contributed by atoms with Gasteiger partial charge in [-0.15, -0.1) is 0 Å². The van der Waals surface area contributed by atoms with Crippen LogP contribution in [-0.2, 0) is 17.4 Å². The molecule has 0 aliphatic carbocycles. The van der Waals surface area contributed by atoms with Gasteiger partial charge in [-0.3, -0.25) is 4.79 Å². The zero-order valence-corrected chi connectivity index (χ0v) is 23.2. The molecule has 1 amide bonds. The van der Waals surface area contributed by atoms with Gasteiger partial charge in [-0.05, 0) is 76.9 Å². The van der Waals surface area contributed by atoms with Crippen LogP contribution < -0.4 is 5.32 Å². The van der Waals surface area contributed by atoms with Crippen molar-refractivity contribution >= 4 is 5.91 Å². The fourth-order valence-electron chi connectivity index (χ4n) is 4.41. The van der Waals surface area contributed by atoms with Crippen molar-refractivity contribution in [2.45, 2.75) is 65.8 Å². The Hall–Kier alpha value is -3.93. The molecule has 38 heavy (non-hydrogen) atoms. The van der Waals surface area contributed by atoms with E-state index in [1.54, 1.807) is 22.9 Å². The highest BCUT2D eigenvalue weighted by molar-refractivity contribution is 5.93. The number of benzene rings is 3. The summed E-state index contributed by atoms with van der Waals surface area (Å²) in [6.45, 7) is 14.7. The first-order chi connectivity index (χ1) is 17.7. The van der Waals surface area contributed by atoms with E-state index in [0.717, 1.165) is 33.5 Å². The Morgan fingerprint density at radius 2 is 1.45 bits per heavy atom. The molecule has 0 saturated heterocycles. The minimum atomic E-state index is -0.339. The summed E-state index contributed by atoms with van der Waals surface area (Å²) in [5.74, 6) is -0.350. The number of nitrogens with one attached hydrogen (secondary N) is 1. The van der Waals surface area contributed by atoms with Crippen LogP contribution in [0.4, 0.5) is 4.39 Å². The molecule has 3 aromatic carbocycles. The van der Waals surface area contributed by atoms with E-state index in [4.69, 9.17) is 0 Å². The molecule has 4 rings (SSSR count). The Morgan fingerprint density at radius 1 is 0.895 bits per heavy atom. The molecule has 198 valence electrons. The lowest BCUT2D eigenvalue weighted by molar-refractivity contribution is 0.0945. The molecule has 1 heterocycles. The SMILES string of the molecule is Cc1ccc(-c2cc(C(=O)NCc3cc(C(C)(C)C)c(O)c(C(C)(C)C)c3)nn2-c2ccc(F)cc2)cc1. The van der Waals surface area contributed by atoms with E-state index < -0.39 is 0 Å². The number of carbonyl (C=O) groups excluding carboxylic acids is 1. The number of halogens is 1. The summed E-state index contributed by atoms with van der Waals surface area (Å²) in [5, 5.41) is 18.6. The van der Waals surface area contributed by atoms with Crippen molar-refractivity contribution in [3.8, 4) is 22.7 Å². The molecule has 0 aliphatic rings. The molecule has 0 spiro atoms. The summed E-state index contributed by atoms with van der Waals surface area (Å²) in [6, 6.07) is 19.7. The summed E-state index contributed by atoms with van der Waals surface area (Å²) < 4.78 is 15.2. The lowest BCUT2D eigenvalue weighted by Gasteiger charge is -2.28. The van der Waals surface area contributed by atoms with Crippen LogP contribution in [0.15, 0.2) is 66.7 Å². The van der Waals surface area contributed by atoms with Crippen molar-refractivity contribution < 1.29 is 14.3 Å². The van der Waals surface area contributed by atoms with Crippen LogP contribution >= 0.6 is 0 Å². The number of aromatic hydroxyl groups is 1. The highest BCUT2D eigenvalue weighted by atomic mass is 19.1. The van der Waals surface area contributed by atoms with E-state index in [1.165, 1.54) is 12.1 Å². The summed E-state index contributed by atoms with van der Waals surface area (Å²) in [7, 11) is 0. The first-order valence-electron chi connectivity index (χ1n) is 12.8. The molecule has 2 N–H and O–H groups in total. The first-order valence-corrected chi connectivity index (χ1v) is 12.8. The highest BCUT2D eigenvalue weighted by Gasteiger charge is 2.27. The number of aromatic nitrogens is 2. The van der Waals surface area contributed by atoms with Crippen LogP contribution in [0.2, 0.25) is 0 Å². The number of carbonyl (C=O) groups is 1. The molecule has 0 unspecified atom stereocenters. The van der Waals surface area contributed by atoms with Crippen molar-refractivity contribution in [1.82, 2.24) is 15.1 Å². The summed E-state index contributed by atoms with van der Waals surface area (Å²) in [5.41, 5.74) is 5.74. The van der Waals surface area contributed by atoms with Gasteiger partial charge in [0.05, 0.1) is 11.4 Å². The maximum absolute atomic E-state index is 13.6. The van der Waals surface area contributed by atoms with Gasteiger partial charge in [-0.25, -0.2) is 9.07 Å². The van der Waals surface area contributed by atoms with Crippen molar-refractivity contribution in [2.75, 3.05) is 0 Å². The van der Waals surface area contributed by atoms with Crippen molar-refractivity contribution in [1.29, 1.82) is 0 Å². The van der Waals surface area contributed by atoms with E-state index in [1.807, 2.05) is 43.3 Å². The number of rotatable bonds is 5. The summed E-state index contributed by atoms with van der Waals surface area (Å²) in [4.78, 5) is 13.3. The third-order valence-electron chi connectivity index (χ3n) is 6.60. The monoisotopic (exact) mass is 513 g/mol. The second-order valence-electron chi connectivity index (χ2n) is 11.9. The fraction of sp³-hybridized carbons (Fsp3) is 0.312. The van der Waals surface area contributed by atoms with Crippen LogP contribution in [0.5, 0.6) is 5.75 Å². The lowest BCUT2D eigenvalue weighted by atomic mass is 9.78. The zero-order chi connectivity index (χ0) is 27.8. The largest absolute Gasteiger partial charge is 0.507 e. The van der Waals surface area contributed by atoms with E-state index in [9.17, 15) is 14.3 Å². The Kier molecular flexibility index (Phi) is 7.20. The van der Waals surface area contributed by atoms with Crippen LogP contribution in [0.1, 0.15) is 74.3 Å². The minimum Gasteiger partial charge on any atom is -0.507 e. The van der Waals surface area contributed by atoms with E-state index in [0.29, 0.717) is 11.4 Å². The molecule has 0 radical (unpaired) electrons. The van der Waals surface area contributed by atoms with Gasteiger partial charge in [0.15, 0.2) is 5.69 Å². The number of hydrogen-bond acceptors (Lipinski definition) is 3. The maximum Gasteiger partial charge on any atom is 0.272 e. The highest BCUT2D eigenvalue weighted by Crippen LogP contribution is 2.39. The third-order valence-corrected chi connectivity index (χ3v) is 6.60. The average molecular weight is 514 g/mol. The molecule has 0 bridgehead atoms. The second-order valence-corrected chi connectivity index (χ2v) is 11.9. The predicted molar refractivity (Wildman–Crippen MR) is 150 cm³/mol. The number of hydrogen-bond donors (Lipinski definition) is 2. The number of amides is 1. The number of aryl methyl sites for hydroxylation is 1. The molecular formula is C32H36FN3O2.